The first-order valence-electron chi connectivity index (χ1n) is 9.28. The number of piperidine rings is 1. The van der Waals surface area contributed by atoms with Gasteiger partial charge < -0.3 is 10.2 Å². The third-order valence-electron chi connectivity index (χ3n) is 5.02. The molecule has 0 radical (unpaired) electrons. The van der Waals surface area contributed by atoms with E-state index in [9.17, 15) is 8.42 Å². The SMILES string of the molecule is CCc1ccc(CN(C)C(=NC)NCC2CCN(S(C)(=O)=O)CC2)cc1.I. The Labute approximate surface area is 181 Å². The lowest BCUT2D eigenvalue weighted by molar-refractivity contribution is 0.273. The van der Waals surface area contributed by atoms with E-state index in [1.807, 2.05) is 7.05 Å². The molecule has 0 saturated carbocycles. The fourth-order valence-electron chi connectivity index (χ4n) is 3.29. The molecule has 0 aromatic heterocycles. The van der Waals surface area contributed by atoms with Crippen molar-refractivity contribution >= 4 is 40.0 Å². The largest absolute Gasteiger partial charge is 0.356 e. The third kappa shape index (κ3) is 7.57. The second-order valence-electron chi connectivity index (χ2n) is 7.06. The van der Waals surface area contributed by atoms with Gasteiger partial charge in [0.1, 0.15) is 0 Å². The Bertz CT molecular complexity index is 699. The number of nitrogens with one attached hydrogen (secondary N) is 1. The van der Waals surface area contributed by atoms with Gasteiger partial charge in [-0.2, -0.15) is 0 Å². The zero-order valence-corrected chi connectivity index (χ0v) is 20.0. The summed E-state index contributed by atoms with van der Waals surface area (Å²) in [5, 5.41) is 3.44. The van der Waals surface area contributed by atoms with Crippen molar-refractivity contribution in [2.24, 2.45) is 10.9 Å². The van der Waals surface area contributed by atoms with Crippen LogP contribution >= 0.6 is 24.0 Å². The summed E-state index contributed by atoms with van der Waals surface area (Å²) < 4.78 is 24.8. The van der Waals surface area contributed by atoms with Crippen LogP contribution in [0.3, 0.4) is 0 Å². The summed E-state index contributed by atoms with van der Waals surface area (Å²) in [7, 11) is 0.777. The van der Waals surface area contributed by atoms with E-state index in [1.165, 1.54) is 17.4 Å². The number of halogens is 1. The Hall–Kier alpha value is -0.870. The van der Waals surface area contributed by atoms with Crippen molar-refractivity contribution in [3.05, 3.63) is 35.4 Å². The fraction of sp³-hybridized carbons (Fsp3) is 0.632. The van der Waals surface area contributed by atoms with Crippen LogP contribution < -0.4 is 5.32 Å². The molecule has 1 heterocycles. The highest BCUT2D eigenvalue weighted by molar-refractivity contribution is 14.0. The number of sulfonamides is 1. The van der Waals surface area contributed by atoms with E-state index in [4.69, 9.17) is 0 Å². The van der Waals surface area contributed by atoms with Gasteiger partial charge >= 0.3 is 0 Å². The topological polar surface area (TPSA) is 65.0 Å². The molecule has 2 rings (SSSR count). The standard InChI is InChI=1S/C19H32N4O2S.HI/c1-5-16-6-8-18(9-7-16)15-22(3)19(20-2)21-14-17-10-12-23(13-11-17)26(4,24)25;/h6-9,17H,5,10-15H2,1-4H3,(H,20,21);1H. The first-order chi connectivity index (χ1) is 12.3. The molecule has 0 amide bonds. The Morgan fingerprint density at radius 1 is 1.22 bits per heavy atom. The molecule has 0 atom stereocenters. The maximum atomic E-state index is 11.6. The number of benzene rings is 1. The van der Waals surface area contributed by atoms with Crippen molar-refractivity contribution in [3.8, 4) is 0 Å². The minimum absolute atomic E-state index is 0. The van der Waals surface area contributed by atoms with Gasteiger partial charge in [-0.3, -0.25) is 4.99 Å². The molecule has 0 spiro atoms. The van der Waals surface area contributed by atoms with Crippen LogP contribution in [0.4, 0.5) is 0 Å². The monoisotopic (exact) mass is 508 g/mol. The van der Waals surface area contributed by atoms with E-state index < -0.39 is 10.0 Å². The maximum Gasteiger partial charge on any atom is 0.211 e. The molecule has 8 heteroatoms. The summed E-state index contributed by atoms with van der Waals surface area (Å²) >= 11 is 0. The van der Waals surface area contributed by atoms with Crippen LogP contribution in [0.25, 0.3) is 0 Å². The van der Waals surface area contributed by atoms with Crippen molar-refractivity contribution in [2.45, 2.75) is 32.7 Å². The highest BCUT2D eigenvalue weighted by Crippen LogP contribution is 2.18. The van der Waals surface area contributed by atoms with Crippen molar-refractivity contribution in [1.82, 2.24) is 14.5 Å². The van der Waals surface area contributed by atoms with Gasteiger partial charge in [-0.25, -0.2) is 12.7 Å². The van der Waals surface area contributed by atoms with Crippen molar-refractivity contribution in [2.75, 3.05) is 40.0 Å². The van der Waals surface area contributed by atoms with Gasteiger partial charge in [0.2, 0.25) is 10.0 Å². The number of aryl methyl sites for hydroxylation is 1. The van der Waals surface area contributed by atoms with E-state index in [-0.39, 0.29) is 24.0 Å². The van der Waals surface area contributed by atoms with Gasteiger partial charge in [0, 0.05) is 40.3 Å². The van der Waals surface area contributed by atoms with Gasteiger partial charge in [-0.1, -0.05) is 31.2 Å². The Balaban J connectivity index is 0.00000364. The predicted octanol–water partition coefficient (Wildman–Crippen LogP) is 2.55. The van der Waals surface area contributed by atoms with Crippen molar-refractivity contribution in [3.63, 3.8) is 0 Å². The molecule has 1 saturated heterocycles. The number of hydrogen-bond acceptors (Lipinski definition) is 3. The lowest BCUT2D eigenvalue weighted by Crippen LogP contribution is -2.44. The van der Waals surface area contributed by atoms with Crippen LogP contribution in [-0.2, 0) is 23.0 Å². The Morgan fingerprint density at radius 3 is 2.26 bits per heavy atom. The molecule has 1 aliphatic rings. The van der Waals surface area contributed by atoms with E-state index in [0.29, 0.717) is 19.0 Å². The summed E-state index contributed by atoms with van der Waals surface area (Å²) in [6, 6.07) is 8.69. The van der Waals surface area contributed by atoms with Crippen LogP contribution in [0, 0.1) is 5.92 Å². The molecule has 6 nitrogen and oxygen atoms in total. The summed E-state index contributed by atoms with van der Waals surface area (Å²) in [6.07, 6.45) is 4.12. The Kier molecular flexibility index (Phi) is 10.0. The van der Waals surface area contributed by atoms with Gasteiger partial charge in [-0.15, -0.1) is 24.0 Å². The highest BCUT2D eigenvalue weighted by atomic mass is 127. The molecule has 1 aliphatic heterocycles. The molecule has 1 fully saturated rings. The molecular formula is C19H33IN4O2S. The van der Waals surface area contributed by atoms with Gasteiger partial charge in [0.25, 0.3) is 0 Å². The van der Waals surface area contributed by atoms with Crippen LogP contribution in [0.15, 0.2) is 29.3 Å². The average molecular weight is 508 g/mol. The first-order valence-corrected chi connectivity index (χ1v) is 11.1. The molecular weight excluding hydrogens is 475 g/mol. The van der Waals surface area contributed by atoms with Crippen LogP contribution in [0.5, 0.6) is 0 Å². The molecule has 1 aromatic carbocycles. The quantitative estimate of drug-likeness (QED) is 0.365. The first kappa shape index (κ1) is 24.2. The fourth-order valence-corrected chi connectivity index (χ4v) is 4.17. The van der Waals surface area contributed by atoms with Gasteiger partial charge in [0.05, 0.1) is 6.26 Å². The minimum atomic E-state index is -3.06. The summed E-state index contributed by atoms with van der Waals surface area (Å²) in [6.45, 7) is 5.01. The number of rotatable bonds is 6. The molecule has 0 aliphatic carbocycles. The van der Waals surface area contributed by atoms with Crippen LogP contribution in [-0.4, -0.2) is 63.6 Å². The van der Waals surface area contributed by atoms with Crippen LogP contribution in [0.2, 0.25) is 0 Å². The maximum absolute atomic E-state index is 11.6. The van der Waals surface area contributed by atoms with Gasteiger partial charge in [-0.05, 0) is 36.3 Å². The zero-order valence-electron chi connectivity index (χ0n) is 16.8. The van der Waals surface area contributed by atoms with E-state index in [0.717, 1.165) is 38.3 Å². The molecule has 0 bridgehead atoms. The Morgan fingerprint density at radius 2 is 1.78 bits per heavy atom. The summed E-state index contributed by atoms with van der Waals surface area (Å²) in [5.74, 6) is 1.34. The lowest BCUT2D eigenvalue weighted by Gasteiger charge is -2.31. The van der Waals surface area contributed by atoms with E-state index in [1.54, 1.807) is 11.4 Å². The molecule has 0 unspecified atom stereocenters. The minimum Gasteiger partial charge on any atom is -0.356 e. The number of guanidine groups is 1. The molecule has 1 aromatic rings. The molecule has 27 heavy (non-hydrogen) atoms. The van der Waals surface area contributed by atoms with Crippen molar-refractivity contribution < 1.29 is 8.42 Å². The van der Waals surface area contributed by atoms with Crippen molar-refractivity contribution in [1.29, 1.82) is 0 Å². The lowest BCUT2D eigenvalue weighted by atomic mass is 9.98. The van der Waals surface area contributed by atoms with Gasteiger partial charge in [0.15, 0.2) is 5.96 Å². The normalized spacial score (nSPS) is 16.7. The van der Waals surface area contributed by atoms with Crippen LogP contribution in [0.1, 0.15) is 30.9 Å². The number of aliphatic imine (C=N–C) groups is 1. The number of nitrogens with zero attached hydrogens (tertiary/aromatic N) is 3. The molecule has 154 valence electrons. The average Bonchev–Trinajstić information content (AvgIpc) is 2.62. The van der Waals surface area contributed by atoms with E-state index in [2.05, 4.69) is 46.4 Å². The smallest absolute Gasteiger partial charge is 0.211 e. The third-order valence-corrected chi connectivity index (χ3v) is 6.32. The summed E-state index contributed by atoms with van der Waals surface area (Å²) in [5.41, 5.74) is 2.61. The summed E-state index contributed by atoms with van der Waals surface area (Å²) in [4.78, 5) is 6.50. The predicted molar refractivity (Wildman–Crippen MR) is 123 cm³/mol. The number of hydrogen-bond donors (Lipinski definition) is 1. The highest BCUT2D eigenvalue weighted by Gasteiger charge is 2.25. The second kappa shape index (κ2) is 11.2. The second-order valence-corrected chi connectivity index (χ2v) is 9.04. The molecule has 1 N–H and O–H groups in total. The van der Waals surface area contributed by atoms with E-state index >= 15 is 0 Å². The zero-order chi connectivity index (χ0) is 19.2.